The maximum absolute atomic E-state index is 10.0. The second-order valence-corrected chi connectivity index (χ2v) is 4.55. The molecule has 15 heavy (non-hydrogen) atoms. The average Bonchev–Trinajstić information content (AvgIpc) is 2.28. The van der Waals surface area contributed by atoms with Gasteiger partial charge in [0.1, 0.15) is 0 Å². The van der Waals surface area contributed by atoms with Crippen molar-refractivity contribution in [3.63, 3.8) is 0 Å². The molecule has 1 aromatic carbocycles. The molecular formula is C14H20O. The van der Waals surface area contributed by atoms with Crippen LogP contribution in [0.4, 0.5) is 0 Å². The summed E-state index contributed by atoms with van der Waals surface area (Å²) in [6.07, 6.45) is 5.42. The number of hydrogen-bond acceptors (Lipinski definition) is 1. The van der Waals surface area contributed by atoms with E-state index in [0.29, 0.717) is 5.92 Å². The van der Waals surface area contributed by atoms with E-state index in [2.05, 4.69) is 31.2 Å². The highest BCUT2D eigenvalue weighted by Crippen LogP contribution is 2.35. The fourth-order valence-electron chi connectivity index (χ4n) is 2.61. The molecule has 2 unspecified atom stereocenters. The van der Waals surface area contributed by atoms with Crippen molar-refractivity contribution < 1.29 is 5.11 Å². The molecule has 1 heteroatoms. The van der Waals surface area contributed by atoms with E-state index in [0.717, 1.165) is 19.3 Å². The highest BCUT2D eigenvalue weighted by Gasteiger charge is 2.26. The third kappa shape index (κ3) is 2.23. The first-order chi connectivity index (χ1) is 7.33. The summed E-state index contributed by atoms with van der Waals surface area (Å²) in [6, 6.07) is 8.60. The van der Waals surface area contributed by atoms with E-state index in [9.17, 15) is 5.11 Å². The van der Waals surface area contributed by atoms with Gasteiger partial charge in [-0.25, -0.2) is 0 Å². The van der Waals surface area contributed by atoms with Gasteiger partial charge >= 0.3 is 0 Å². The maximum atomic E-state index is 10.0. The zero-order chi connectivity index (χ0) is 10.7. The zero-order valence-electron chi connectivity index (χ0n) is 9.45. The average molecular weight is 204 g/mol. The molecule has 0 saturated carbocycles. The minimum Gasteiger partial charge on any atom is -0.392 e. The van der Waals surface area contributed by atoms with Crippen molar-refractivity contribution in [2.75, 3.05) is 0 Å². The second-order valence-electron chi connectivity index (χ2n) is 4.55. The van der Waals surface area contributed by atoms with Crippen LogP contribution >= 0.6 is 0 Å². The fourth-order valence-corrected chi connectivity index (χ4v) is 2.61. The van der Waals surface area contributed by atoms with Crippen molar-refractivity contribution >= 4 is 0 Å². The van der Waals surface area contributed by atoms with Crippen LogP contribution in [0.3, 0.4) is 0 Å². The topological polar surface area (TPSA) is 20.2 Å². The number of aliphatic hydroxyl groups is 1. The van der Waals surface area contributed by atoms with Gasteiger partial charge in [0.05, 0.1) is 6.10 Å². The number of fused-ring (bicyclic) bond motifs is 1. The first-order valence-electron chi connectivity index (χ1n) is 6.08. The lowest BCUT2D eigenvalue weighted by molar-refractivity contribution is 0.120. The van der Waals surface area contributed by atoms with Crippen LogP contribution in [0.5, 0.6) is 0 Å². The third-order valence-electron chi connectivity index (χ3n) is 3.50. The summed E-state index contributed by atoms with van der Waals surface area (Å²) in [4.78, 5) is 0. The van der Waals surface area contributed by atoms with E-state index >= 15 is 0 Å². The summed E-state index contributed by atoms with van der Waals surface area (Å²) in [5, 5.41) is 10.0. The Morgan fingerprint density at radius 2 is 2.13 bits per heavy atom. The second kappa shape index (κ2) is 4.80. The molecule has 1 aliphatic carbocycles. The summed E-state index contributed by atoms with van der Waals surface area (Å²) >= 11 is 0. The van der Waals surface area contributed by atoms with E-state index < -0.39 is 0 Å². The highest BCUT2D eigenvalue weighted by molar-refractivity contribution is 5.33. The van der Waals surface area contributed by atoms with Crippen molar-refractivity contribution in [1.82, 2.24) is 0 Å². The smallest absolute Gasteiger partial charge is 0.0612 e. The number of rotatable bonds is 3. The Labute approximate surface area is 92.1 Å². The highest BCUT2D eigenvalue weighted by atomic mass is 16.3. The molecule has 0 aromatic heterocycles. The van der Waals surface area contributed by atoms with Crippen molar-refractivity contribution in [2.45, 2.75) is 51.0 Å². The van der Waals surface area contributed by atoms with Crippen LogP contribution < -0.4 is 0 Å². The Morgan fingerprint density at radius 1 is 1.33 bits per heavy atom. The van der Waals surface area contributed by atoms with E-state index in [-0.39, 0.29) is 6.10 Å². The van der Waals surface area contributed by atoms with E-state index in [1.165, 1.54) is 24.0 Å². The molecule has 2 rings (SSSR count). The minimum absolute atomic E-state index is 0.119. The Bertz CT molecular complexity index is 319. The van der Waals surface area contributed by atoms with Crippen LogP contribution in [0.25, 0.3) is 0 Å². The van der Waals surface area contributed by atoms with Gasteiger partial charge in [-0.2, -0.15) is 0 Å². The Morgan fingerprint density at radius 3 is 2.93 bits per heavy atom. The lowest BCUT2D eigenvalue weighted by Crippen LogP contribution is -2.25. The van der Waals surface area contributed by atoms with Crippen LogP contribution in [0, 0.1) is 0 Å². The first kappa shape index (κ1) is 10.7. The number of aliphatic hydroxyl groups excluding tert-OH is 1. The number of aryl methyl sites for hydroxylation is 1. The maximum Gasteiger partial charge on any atom is 0.0612 e. The fraction of sp³-hybridized carbons (Fsp3) is 0.571. The van der Waals surface area contributed by atoms with Crippen LogP contribution in [0.15, 0.2) is 24.3 Å². The molecule has 1 N–H and O–H groups in total. The van der Waals surface area contributed by atoms with Crippen molar-refractivity contribution in [2.24, 2.45) is 0 Å². The van der Waals surface area contributed by atoms with Gasteiger partial charge in [-0.05, 0) is 30.4 Å². The van der Waals surface area contributed by atoms with Gasteiger partial charge in [-0.3, -0.25) is 0 Å². The predicted octanol–water partition coefficient (Wildman–Crippen LogP) is 3.27. The van der Waals surface area contributed by atoms with Crippen LogP contribution in [-0.2, 0) is 6.42 Å². The Kier molecular flexibility index (Phi) is 3.42. The van der Waals surface area contributed by atoms with E-state index in [1.807, 2.05) is 0 Å². The number of unbranched alkanes of at least 4 members (excludes halogenated alkanes) is 1. The van der Waals surface area contributed by atoms with E-state index in [1.54, 1.807) is 0 Å². The summed E-state index contributed by atoms with van der Waals surface area (Å²) in [7, 11) is 0. The van der Waals surface area contributed by atoms with Crippen molar-refractivity contribution in [1.29, 1.82) is 0 Å². The molecule has 0 amide bonds. The van der Waals surface area contributed by atoms with Crippen LogP contribution in [0.1, 0.15) is 49.7 Å². The molecule has 1 aliphatic rings. The molecule has 0 bridgehead atoms. The molecule has 2 atom stereocenters. The Balaban J connectivity index is 2.21. The van der Waals surface area contributed by atoms with Gasteiger partial charge in [0.15, 0.2) is 0 Å². The normalized spacial score (nSPS) is 24.9. The van der Waals surface area contributed by atoms with Gasteiger partial charge in [0, 0.05) is 5.92 Å². The van der Waals surface area contributed by atoms with Crippen molar-refractivity contribution in [3.05, 3.63) is 35.4 Å². The molecule has 0 saturated heterocycles. The van der Waals surface area contributed by atoms with Gasteiger partial charge < -0.3 is 5.11 Å². The lowest BCUT2D eigenvalue weighted by Gasteiger charge is -2.30. The number of hydrogen-bond donors (Lipinski definition) is 1. The summed E-state index contributed by atoms with van der Waals surface area (Å²) in [5.74, 6) is 0.384. The number of benzene rings is 1. The Hall–Kier alpha value is -0.820. The molecule has 1 aromatic rings. The molecule has 0 fully saturated rings. The molecule has 82 valence electrons. The van der Waals surface area contributed by atoms with E-state index in [4.69, 9.17) is 0 Å². The van der Waals surface area contributed by atoms with Gasteiger partial charge in [-0.1, -0.05) is 44.0 Å². The first-order valence-corrected chi connectivity index (χ1v) is 6.08. The molecule has 0 aliphatic heterocycles. The van der Waals surface area contributed by atoms with Crippen molar-refractivity contribution in [3.8, 4) is 0 Å². The van der Waals surface area contributed by atoms with Gasteiger partial charge in [-0.15, -0.1) is 0 Å². The summed E-state index contributed by atoms with van der Waals surface area (Å²) in [6.45, 7) is 2.21. The van der Waals surface area contributed by atoms with Crippen LogP contribution in [0.2, 0.25) is 0 Å². The monoisotopic (exact) mass is 204 g/mol. The third-order valence-corrected chi connectivity index (χ3v) is 3.50. The molecule has 0 radical (unpaired) electrons. The molecular weight excluding hydrogens is 184 g/mol. The summed E-state index contributed by atoms with van der Waals surface area (Å²) in [5.41, 5.74) is 2.84. The molecule has 0 heterocycles. The largest absolute Gasteiger partial charge is 0.392 e. The minimum atomic E-state index is -0.119. The SMILES string of the molecule is CCCCC1c2ccccc2CCC1O. The zero-order valence-corrected chi connectivity index (χ0v) is 9.45. The quantitative estimate of drug-likeness (QED) is 0.801. The molecule has 1 nitrogen and oxygen atoms in total. The summed E-state index contributed by atoms with van der Waals surface area (Å²) < 4.78 is 0. The standard InChI is InChI=1S/C14H20O/c1-2-3-7-13-12-8-5-4-6-11(12)9-10-14(13)15/h4-6,8,13-15H,2-3,7,9-10H2,1H3. The van der Waals surface area contributed by atoms with Crippen LogP contribution in [-0.4, -0.2) is 11.2 Å². The van der Waals surface area contributed by atoms with Gasteiger partial charge in [0.25, 0.3) is 0 Å². The molecule has 0 spiro atoms. The lowest BCUT2D eigenvalue weighted by atomic mass is 9.78. The van der Waals surface area contributed by atoms with Gasteiger partial charge in [0.2, 0.25) is 0 Å². The predicted molar refractivity (Wildman–Crippen MR) is 63.0 cm³/mol.